The van der Waals surface area contributed by atoms with Crippen molar-refractivity contribution in [2.45, 2.75) is 32.2 Å². The quantitative estimate of drug-likeness (QED) is 0.793. The van der Waals surface area contributed by atoms with Crippen LogP contribution in [0, 0.1) is 12.7 Å². The van der Waals surface area contributed by atoms with Crippen LogP contribution < -0.4 is 0 Å². The molecule has 0 N–H and O–H groups in total. The van der Waals surface area contributed by atoms with Crippen molar-refractivity contribution in [1.82, 2.24) is 19.8 Å². The Bertz CT molecular complexity index is 844. The molecule has 2 aliphatic heterocycles. The van der Waals surface area contributed by atoms with Crippen molar-refractivity contribution < 1.29 is 13.9 Å². The number of halogens is 1. The second-order valence-corrected chi connectivity index (χ2v) is 7.81. The van der Waals surface area contributed by atoms with Crippen molar-refractivity contribution in [1.29, 1.82) is 0 Å². The number of amides is 1. The van der Waals surface area contributed by atoms with E-state index in [0.29, 0.717) is 37.8 Å². The maximum Gasteiger partial charge on any atom is 0.257 e. The average Bonchev–Trinajstić information content (AvgIpc) is 2.76. The molecule has 29 heavy (non-hydrogen) atoms. The molecule has 1 aromatic carbocycles. The monoisotopic (exact) mass is 398 g/mol. The van der Waals surface area contributed by atoms with Crippen LogP contribution in [0.2, 0.25) is 0 Å². The lowest BCUT2D eigenvalue weighted by Crippen LogP contribution is -2.41. The van der Waals surface area contributed by atoms with Crippen molar-refractivity contribution in [3.05, 3.63) is 58.9 Å². The molecule has 2 saturated heterocycles. The van der Waals surface area contributed by atoms with Crippen LogP contribution in [0.25, 0.3) is 0 Å². The Labute approximate surface area is 170 Å². The summed E-state index contributed by atoms with van der Waals surface area (Å²) in [4.78, 5) is 26.1. The summed E-state index contributed by atoms with van der Waals surface area (Å²) < 4.78 is 18.4. The summed E-state index contributed by atoms with van der Waals surface area (Å²) in [7, 11) is 0. The molecule has 6 nitrogen and oxygen atoms in total. The van der Waals surface area contributed by atoms with E-state index in [-0.39, 0.29) is 11.7 Å². The van der Waals surface area contributed by atoms with Gasteiger partial charge in [0.25, 0.3) is 5.91 Å². The SMILES string of the molecule is Cc1nc(C2CCN(Cc3ccc(F)cc3)CC2)ncc1C(=O)N1CCOCC1. The molecule has 1 amide bonds. The Hall–Kier alpha value is -2.38. The van der Waals surface area contributed by atoms with Gasteiger partial charge in [-0.3, -0.25) is 9.69 Å². The normalized spacial score (nSPS) is 18.8. The number of likely N-dealkylation sites (tertiary alicyclic amines) is 1. The second-order valence-electron chi connectivity index (χ2n) is 7.81. The maximum atomic E-state index is 13.1. The minimum Gasteiger partial charge on any atom is -0.378 e. The van der Waals surface area contributed by atoms with Crippen LogP contribution in [0.4, 0.5) is 4.39 Å². The van der Waals surface area contributed by atoms with Crippen LogP contribution in [0.3, 0.4) is 0 Å². The van der Waals surface area contributed by atoms with E-state index in [0.717, 1.165) is 49.6 Å². The fourth-order valence-corrected chi connectivity index (χ4v) is 4.03. The molecule has 0 aliphatic carbocycles. The van der Waals surface area contributed by atoms with Crippen LogP contribution in [-0.2, 0) is 11.3 Å². The Morgan fingerprint density at radius 2 is 1.83 bits per heavy atom. The molecule has 0 atom stereocenters. The number of carbonyl (C=O) groups is 1. The molecule has 0 radical (unpaired) electrons. The third-order valence-corrected chi connectivity index (χ3v) is 5.80. The van der Waals surface area contributed by atoms with Gasteiger partial charge in [-0.15, -0.1) is 0 Å². The Morgan fingerprint density at radius 1 is 1.14 bits per heavy atom. The molecule has 2 aliphatic rings. The summed E-state index contributed by atoms with van der Waals surface area (Å²) in [6.45, 7) is 7.04. The molecule has 3 heterocycles. The minimum atomic E-state index is -0.199. The summed E-state index contributed by atoms with van der Waals surface area (Å²) >= 11 is 0. The number of ether oxygens (including phenoxy) is 1. The number of rotatable bonds is 4. The van der Waals surface area contributed by atoms with Crippen molar-refractivity contribution >= 4 is 5.91 Å². The highest BCUT2D eigenvalue weighted by molar-refractivity contribution is 5.95. The number of piperidine rings is 1. The van der Waals surface area contributed by atoms with Gasteiger partial charge in [-0.05, 0) is 50.6 Å². The van der Waals surface area contributed by atoms with Gasteiger partial charge in [0.05, 0.1) is 24.5 Å². The molecule has 2 aromatic rings. The smallest absolute Gasteiger partial charge is 0.257 e. The lowest BCUT2D eigenvalue weighted by Gasteiger charge is -2.31. The summed E-state index contributed by atoms with van der Waals surface area (Å²) in [5.74, 6) is 0.940. The standard InChI is InChI=1S/C22H27FN4O2/c1-16-20(22(28)27-10-12-29-13-11-27)14-24-21(25-16)18-6-8-26(9-7-18)15-17-2-4-19(23)5-3-17/h2-5,14,18H,6-13,15H2,1H3. The Balaban J connectivity index is 1.35. The molecule has 0 bridgehead atoms. The van der Waals surface area contributed by atoms with Crippen LogP contribution in [0.15, 0.2) is 30.5 Å². The molecule has 154 valence electrons. The first-order chi connectivity index (χ1) is 14.1. The van der Waals surface area contributed by atoms with Crippen molar-refractivity contribution in [2.75, 3.05) is 39.4 Å². The number of hydrogen-bond donors (Lipinski definition) is 0. The molecule has 0 unspecified atom stereocenters. The van der Waals surface area contributed by atoms with E-state index in [1.54, 1.807) is 6.20 Å². The average molecular weight is 398 g/mol. The van der Waals surface area contributed by atoms with Crippen LogP contribution >= 0.6 is 0 Å². The van der Waals surface area contributed by atoms with Gasteiger partial charge in [0.1, 0.15) is 11.6 Å². The van der Waals surface area contributed by atoms with E-state index < -0.39 is 0 Å². The third-order valence-electron chi connectivity index (χ3n) is 5.80. The number of hydrogen-bond acceptors (Lipinski definition) is 5. The Kier molecular flexibility index (Phi) is 6.16. The molecular weight excluding hydrogens is 371 g/mol. The van der Waals surface area contributed by atoms with Crippen LogP contribution in [0.1, 0.15) is 46.2 Å². The molecule has 1 aromatic heterocycles. The second kappa shape index (κ2) is 8.97. The third kappa shape index (κ3) is 4.79. The number of aromatic nitrogens is 2. The van der Waals surface area contributed by atoms with E-state index in [4.69, 9.17) is 4.74 Å². The van der Waals surface area contributed by atoms with Gasteiger partial charge in [-0.2, -0.15) is 0 Å². The van der Waals surface area contributed by atoms with Gasteiger partial charge in [-0.1, -0.05) is 12.1 Å². The van der Waals surface area contributed by atoms with Gasteiger partial charge in [0.2, 0.25) is 0 Å². The lowest BCUT2D eigenvalue weighted by atomic mass is 9.95. The van der Waals surface area contributed by atoms with Crippen molar-refractivity contribution in [3.63, 3.8) is 0 Å². The molecule has 4 rings (SSSR count). The number of morpholine rings is 1. The van der Waals surface area contributed by atoms with E-state index >= 15 is 0 Å². The summed E-state index contributed by atoms with van der Waals surface area (Å²) in [6, 6.07) is 6.72. The zero-order chi connectivity index (χ0) is 20.2. The first kappa shape index (κ1) is 19.9. The molecule has 0 saturated carbocycles. The number of carbonyl (C=O) groups excluding carboxylic acids is 1. The van der Waals surface area contributed by atoms with Crippen molar-refractivity contribution in [2.24, 2.45) is 0 Å². The summed E-state index contributed by atoms with van der Waals surface area (Å²) in [5.41, 5.74) is 2.47. The summed E-state index contributed by atoms with van der Waals surface area (Å²) in [6.07, 6.45) is 3.66. The van der Waals surface area contributed by atoms with Crippen molar-refractivity contribution in [3.8, 4) is 0 Å². The number of nitrogens with zero attached hydrogens (tertiary/aromatic N) is 4. The Morgan fingerprint density at radius 3 is 2.48 bits per heavy atom. The highest BCUT2D eigenvalue weighted by Gasteiger charge is 2.25. The van der Waals surface area contributed by atoms with E-state index in [2.05, 4.69) is 14.9 Å². The maximum absolute atomic E-state index is 13.1. The fraction of sp³-hybridized carbons (Fsp3) is 0.500. The lowest BCUT2D eigenvalue weighted by molar-refractivity contribution is 0.0301. The van der Waals surface area contributed by atoms with E-state index in [9.17, 15) is 9.18 Å². The molecule has 2 fully saturated rings. The first-order valence-electron chi connectivity index (χ1n) is 10.3. The van der Waals surface area contributed by atoms with Gasteiger partial charge in [0, 0.05) is 31.7 Å². The van der Waals surface area contributed by atoms with Crippen LogP contribution in [-0.4, -0.2) is 65.1 Å². The summed E-state index contributed by atoms with van der Waals surface area (Å²) in [5, 5.41) is 0. The topological polar surface area (TPSA) is 58.6 Å². The molecule has 0 spiro atoms. The van der Waals surface area contributed by atoms with E-state index in [1.807, 2.05) is 24.0 Å². The minimum absolute atomic E-state index is 0.00790. The first-order valence-corrected chi connectivity index (χ1v) is 10.3. The number of benzene rings is 1. The van der Waals surface area contributed by atoms with Gasteiger partial charge >= 0.3 is 0 Å². The largest absolute Gasteiger partial charge is 0.378 e. The van der Waals surface area contributed by atoms with Gasteiger partial charge in [0.15, 0.2) is 0 Å². The highest BCUT2D eigenvalue weighted by atomic mass is 19.1. The van der Waals surface area contributed by atoms with Gasteiger partial charge < -0.3 is 9.64 Å². The van der Waals surface area contributed by atoms with Crippen LogP contribution in [0.5, 0.6) is 0 Å². The predicted octanol–water partition coefficient (Wildman–Crippen LogP) is 2.78. The molecular formula is C22H27FN4O2. The highest BCUT2D eigenvalue weighted by Crippen LogP contribution is 2.27. The van der Waals surface area contributed by atoms with E-state index in [1.165, 1.54) is 12.1 Å². The zero-order valence-corrected chi connectivity index (χ0v) is 16.8. The molecule has 7 heteroatoms. The van der Waals surface area contributed by atoms with Gasteiger partial charge in [-0.25, -0.2) is 14.4 Å². The number of aryl methyl sites for hydroxylation is 1. The predicted molar refractivity (Wildman–Crippen MR) is 107 cm³/mol. The fourth-order valence-electron chi connectivity index (χ4n) is 4.03. The zero-order valence-electron chi connectivity index (χ0n) is 16.8.